The van der Waals surface area contributed by atoms with Gasteiger partial charge in [-0.2, -0.15) is 18.4 Å². The molecular formula is C25H23F5N4O2S. The standard InChI is InChI=1S/C25H23F5N4O2S/c1-32-19(35)5-2-4-14-6-8-16(12-17(14)26)34-23(37)33(22(36)24(34)10-3-11-24)18-9-7-15(13-31)20(21(18)27)25(28,29)30/h6-8,12,18H,2-5,9-11H2,1H3,(H,32,35). The number of allylic oxidation sites excluding steroid dienone is 2. The van der Waals surface area contributed by atoms with Gasteiger partial charge in [0.1, 0.15) is 22.8 Å². The molecule has 4 rings (SSSR count). The maximum absolute atomic E-state index is 15.3. The van der Waals surface area contributed by atoms with E-state index in [2.05, 4.69) is 5.32 Å². The second-order valence-electron chi connectivity index (χ2n) is 9.18. The van der Waals surface area contributed by atoms with Gasteiger partial charge < -0.3 is 10.2 Å². The molecule has 1 saturated carbocycles. The molecule has 1 unspecified atom stereocenters. The Morgan fingerprint density at radius 2 is 2.00 bits per heavy atom. The van der Waals surface area contributed by atoms with Gasteiger partial charge >= 0.3 is 6.18 Å². The van der Waals surface area contributed by atoms with Gasteiger partial charge in [-0.3, -0.25) is 14.5 Å². The number of nitrogens with zero attached hydrogens (tertiary/aromatic N) is 3. The fourth-order valence-corrected chi connectivity index (χ4v) is 5.55. The first-order valence-corrected chi connectivity index (χ1v) is 12.1. The Kier molecular flexibility index (Phi) is 7.12. The highest BCUT2D eigenvalue weighted by Gasteiger charge is 2.61. The van der Waals surface area contributed by atoms with E-state index in [-0.39, 0.29) is 29.5 Å². The highest BCUT2D eigenvalue weighted by molar-refractivity contribution is 7.80. The van der Waals surface area contributed by atoms with E-state index in [1.807, 2.05) is 0 Å². The molecule has 12 heteroatoms. The van der Waals surface area contributed by atoms with Gasteiger partial charge in [0.25, 0.3) is 5.91 Å². The van der Waals surface area contributed by atoms with Crippen molar-refractivity contribution in [3.05, 3.63) is 52.6 Å². The predicted octanol–water partition coefficient (Wildman–Crippen LogP) is 4.76. The third-order valence-corrected chi connectivity index (χ3v) is 7.49. The molecule has 1 aliphatic heterocycles. The van der Waals surface area contributed by atoms with E-state index in [1.165, 1.54) is 30.1 Å². The number of carbonyl (C=O) groups is 2. The van der Waals surface area contributed by atoms with Crippen LogP contribution in [-0.2, 0) is 16.0 Å². The number of anilines is 1. The SMILES string of the molecule is CNC(=O)CCCc1ccc(N2C(=S)N(C3CC=C(C#N)C(C(F)(F)F)=C3F)C(=O)C23CCC3)cc1F. The van der Waals surface area contributed by atoms with Crippen molar-refractivity contribution in [3.63, 3.8) is 0 Å². The molecule has 0 bridgehead atoms. The third-order valence-electron chi connectivity index (χ3n) is 7.11. The van der Waals surface area contributed by atoms with Crippen molar-refractivity contribution in [2.75, 3.05) is 11.9 Å². The van der Waals surface area contributed by atoms with Crippen LogP contribution in [-0.4, -0.2) is 46.6 Å². The molecule has 1 spiro atoms. The van der Waals surface area contributed by atoms with Crippen LogP contribution >= 0.6 is 12.2 Å². The first-order valence-electron chi connectivity index (χ1n) is 11.7. The Morgan fingerprint density at radius 3 is 2.54 bits per heavy atom. The van der Waals surface area contributed by atoms with Gasteiger partial charge in [0, 0.05) is 19.2 Å². The van der Waals surface area contributed by atoms with Crippen LogP contribution in [0.3, 0.4) is 0 Å². The number of rotatable bonds is 6. The summed E-state index contributed by atoms with van der Waals surface area (Å²) in [6.45, 7) is 0. The van der Waals surface area contributed by atoms with Gasteiger partial charge in [-0.1, -0.05) is 12.1 Å². The number of thiocarbonyl (C=S) groups is 1. The molecule has 196 valence electrons. The molecule has 1 aromatic carbocycles. The van der Waals surface area contributed by atoms with Crippen molar-refractivity contribution in [1.29, 1.82) is 5.26 Å². The number of halogens is 5. The molecule has 1 saturated heterocycles. The maximum atomic E-state index is 15.3. The summed E-state index contributed by atoms with van der Waals surface area (Å²) in [7, 11) is 1.51. The molecule has 6 nitrogen and oxygen atoms in total. The summed E-state index contributed by atoms with van der Waals surface area (Å²) in [5.41, 5.74) is -3.20. The van der Waals surface area contributed by atoms with E-state index in [9.17, 15) is 27.2 Å². The second-order valence-corrected chi connectivity index (χ2v) is 9.55. The maximum Gasteiger partial charge on any atom is 0.420 e. The van der Waals surface area contributed by atoms with Gasteiger partial charge in [-0.05, 0) is 68.4 Å². The largest absolute Gasteiger partial charge is 0.420 e. The lowest BCUT2D eigenvalue weighted by atomic mass is 9.75. The molecule has 2 aliphatic carbocycles. The van der Waals surface area contributed by atoms with Crippen LogP contribution < -0.4 is 10.2 Å². The van der Waals surface area contributed by atoms with E-state index in [0.29, 0.717) is 37.7 Å². The summed E-state index contributed by atoms with van der Waals surface area (Å²) in [6.07, 6.45) is -2.33. The van der Waals surface area contributed by atoms with Crippen LogP contribution in [0.2, 0.25) is 0 Å². The monoisotopic (exact) mass is 538 g/mol. The quantitative estimate of drug-likeness (QED) is 0.418. The molecule has 1 heterocycles. The van der Waals surface area contributed by atoms with E-state index < -0.39 is 46.5 Å². The zero-order chi connectivity index (χ0) is 27.1. The lowest BCUT2D eigenvalue weighted by Crippen LogP contribution is -2.55. The smallest absolute Gasteiger partial charge is 0.359 e. The van der Waals surface area contributed by atoms with Gasteiger partial charge in [0.2, 0.25) is 5.91 Å². The molecule has 0 radical (unpaired) electrons. The fourth-order valence-electron chi connectivity index (χ4n) is 5.06. The minimum atomic E-state index is -5.14. The number of alkyl halides is 3. The zero-order valence-corrected chi connectivity index (χ0v) is 20.6. The molecule has 1 aromatic rings. The molecule has 37 heavy (non-hydrogen) atoms. The van der Waals surface area contributed by atoms with Crippen LogP contribution in [0.15, 0.2) is 41.2 Å². The second kappa shape index (κ2) is 9.85. The highest BCUT2D eigenvalue weighted by atomic mass is 32.1. The number of hydrogen-bond donors (Lipinski definition) is 1. The van der Waals surface area contributed by atoms with Crippen molar-refractivity contribution in [3.8, 4) is 6.07 Å². The first-order chi connectivity index (χ1) is 17.5. The molecule has 0 aromatic heterocycles. The third kappa shape index (κ3) is 4.50. The van der Waals surface area contributed by atoms with Crippen LogP contribution in [0, 0.1) is 17.1 Å². The van der Waals surface area contributed by atoms with E-state index in [0.717, 1.165) is 11.0 Å². The molecule has 3 aliphatic rings. The summed E-state index contributed by atoms with van der Waals surface area (Å²) in [4.78, 5) is 27.2. The molecule has 1 N–H and O–H groups in total. The number of aryl methyl sites for hydroxylation is 1. The molecular weight excluding hydrogens is 515 g/mol. The van der Waals surface area contributed by atoms with Crippen LogP contribution in [0.1, 0.15) is 44.1 Å². The van der Waals surface area contributed by atoms with Crippen LogP contribution in [0.5, 0.6) is 0 Å². The first kappa shape index (κ1) is 26.7. The minimum absolute atomic E-state index is 0.167. The Balaban J connectivity index is 1.66. The predicted molar refractivity (Wildman–Crippen MR) is 128 cm³/mol. The zero-order valence-electron chi connectivity index (χ0n) is 19.8. The van der Waals surface area contributed by atoms with Gasteiger partial charge in [0.05, 0.1) is 17.7 Å². The fraction of sp³-hybridized carbons (Fsp3) is 0.440. The van der Waals surface area contributed by atoms with E-state index in [4.69, 9.17) is 17.5 Å². The molecule has 2 amide bonds. The summed E-state index contributed by atoms with van der Waals surface area (Å²) >= 11 is 5.49. The number of hydrogen-bond acceptors (Lipinski definition) is 4. The average Bonchev–Trinajstić information content (AvgIpc) is 3.05. The van der Waals surface area contributed by atoms with Gasteiger partial charge in [-0.15, -0.1) is 0 Å². The number of carbonyl (C=O) groups excluding carboxylic acids is 2. The molecule has 2 fully saturated rings. The Bertz CT molecular complexity index is 1260. The highest BCUT2D eigenvalue weighted by Crippen LogP contribution is 2.49. The lowest BCUT2D eigenvalue weighted by molar-refractivity contribution is -0.134. The summed E-state index contributed by atoms with van der Waals surface area (Å²) in [5.74, 6) is -3.04. The topological polar surface area (TPSA) is 76.4 Å². The van der Waals surface area contributed by atoms with E-state index in [1.54, 1.807) is 6.07 Å². The van der Waals surface area contributed by atoms with Crippen molar-refractivity contribution in [1.82, 2.24) is 10.2 Å². The minimum Gasteiger partial charge on any atom is -0.359 e. The van der Waals surface area contributed by atoms with E-state index >= 15 is 4.39 Å². The van der Waals surface area contributed by atoms with Crippen molar-refractivity contribution >= 4 is 34.8 Å². The lowest BCUT2D eigenvalue weighted by Gasteiger charge is -2.43. The van der Waals surface area contributed by atoms with Crippen molar-refractivity contribution in [2.45, 2.75) is 62.7 Å². The Labute approximate surface area is 215 Å². The normalized spacial score (nSPS) is 21.2. The van der Waals surface area contributed by atoms with Gasteiger partial charge in [0.15, 0.2) is 5.11 Å². The van der Waals surface area contributed by atoms with Crippen molar-refractivity contribution in [2.24, 2.45) is 0 Å². The Morgan fingerprint density at radius 1 is 1.30 bits per heavy atom. The van der Waals surface area contributed by atoms with Gasteiger partial charge in [-0.25, -0.2) is 8.78 Å². The number of amides is 2. The molecule has 1 atom stereocenters. The van der Waals surface area contributed by atoms with Crippen molar-refractivity contribution < 1.29 is 31.5 Å². The summed E-state index contributed by atoms with van der Waals surface area (Å²) in [5, 5.41) is 11.3. The average molecular weight is 539 g/mol. The summed E-state index contributed by atoms with van der Waals surface area (Å²) < 4.78 is 71.0. The number of benzene rings is 1. The number of nitriles is 1. The van der Waals surface area contributed by atoms with Crippen LogP contribution in [0.4, 0.5) is 27.6 Å². The number of nitrogens with one attached hydrogen (secondary N) is 1. The van der Waals surface area contributed by atoms with Crippen LogP contribution in [0.25, 0.3) is 0 Å². The Hall–Kier alpha value is -3.33. The summed E-state index contributed by atoms with van der Waals surface area (Å²) in [6, 6.07) is 3.97.